The van der Waals surface area contributed by atoms with E-state index in [1.165, 1.54) is 32.1 Å². The Morgan fingerprint density at radius 3 is 2.53 bits per heavy atom. The highest BCUT2D eigenvalue weighted by Gasteiger charge is 2.26. The molecule has 0 amide bonds. The zero-order chi connectivity index (χ0) is 10.1. The summed E-state index contributed by atoms with van der Waals surface area (Å²) in [5.74, 6) is 2.21. The van der Waals surface area contributed by atoms with E-state index in [1.807, 2.05) is 0 Å². The molecule has 1 aromatic heterocycles. The van der Waals surface area contributed by atoms with Crippen LogP contribution in [-0.4, -0.2) is 16.7 Å². The van der Waals surface area contributed by atoms with Crippen molar-refractivity contribution in [1.82, 2.24) is 15.5 Å². The SMILES string of the molecule is C1CCC(c2nnc(C3CCCN3)o2)C1. The van der Waals surface area contributed by atoms with Crippen LogP contribution in [0.15, 0.2) is 4.42 Å². The molecule has 1 saturated heterocycles. The Balaban J connectivity index is 1.74. The molecule has 15 heavy (non-hydrogen) atoms. The summed E-state index contributed by atoms with van der Waals surface area (Å²) >= 11 is 0. The summed E-state index contributed by atoms with van der Waals surface area (Å²) < 4.78 is 5.77. The Morgan fingerprint density at radius 2 is 1.80 bits per heavy atom. The molecule has 2 heterocycles. The van der Waals surface area contributed by atoms with Crippen LogP contribution in [0.1, 0.15) is 62.3 Å². The second-order valence-electron chi connectivity index (χ2n) is 4.61. The summed E-state index contributed by atoms with van der Waals surface area (Å²) in [7, 11) is 0. The number of hydrogen-bond acceptors (Lipinski definition) is 4. The maximum absolute atomic E-state index is 5.77. The van der Waals surface area contributed by atoms with Crippen molar-refractivity contribution >= 4 is 0 Å². The Bertz CT molecular complexity index is 294. The summed E-state index contributed by atoms with van der Waals surface area (Å²) in [6.07, 6.45) is 7.41. The van der Waals surface area contributed by atoms with Gasteiger partial charge in [0.1, 0.15) is 0 Å². The van der Waals surface area contributed by atoms with E-state index in [2.05, 4.69) is 15.5 Å². The van der Waals surface area contributed by atoms with Crippen molar-refractivity contribution in [3.8, 4) is 0 Å². The van der Waals surface area contributed by atoms with Crippen LogP contribution >= 0.6 is 0 Å². The van der Waals surface area contributed by atoms with Crippen LogP contribution in [-0.2, 0) is 0 Å². The zero-order valence-electron chi connectivity index (χ0n) is 8.91. The molecule has 1 aromatic rings. The monoisotopic (exact) mass is 207 g/mol. The maximum atomic E-state index is 5.77. The normalized spacial score (nSPS) is 27.6. The minimum atomic E-state index is 0.313. The Hall–Kier alpha value is -0.900. The molecule has 1 atom stereocenters. The first-order valence-electron chi connectivity index (χ1n) is 6.00. The molecule has 82 valence electrons. The number of aromatic nitrogens is 2. The molecule has 1 aliphatic heterocycles. The van der Waals surface area contributed by atoms with Crippen molar-refractivity contribution in [2.75, 3.05) is 6.54 Å². The fourth-order valence-corrected chi connectivity index (χ4v) is 2.62. The largest absolute Gasteiger partial charge is 0.423 e. The van der Waals surface area contributed by atoms with Gasteiger partial charge in [0.05, 0.1) is 6.04 Å². The lowest BCUT2D eigenvalue weighted by atomic mass is 10.1. The molecule has 0 aromatic carbocycles. The fourth-order valence-electron chi connectivity index (χ4n) is 2.62. The van der Waals surface area contributed by atoms with Crippen LogP contribution in [0.5, 0.6) is 0 Å². The predicted molar refractivity (Wildman–Crippen MR) is 55.5 cm³/mol. The van der Waals surface area contributed by atoms with Crippen LogP contribution in [0.2, 0.25) is 0 Å². The quantitative estimate of drug-likeness (QED) is 0.807. The molecule has 1 unspecified atom stereocenters. The van der Waals surface area contributed by atoms with Gasteiger partial charge in [0, 0.05) is 5.92 Å². The first kappa shape index (κ1) is 9.33. The standard InChI is InChI=1S/C11H17N3O/c1-2-5-8(4-1)10-13-14-11(15-10)9-6-3-7-12-9/h8-9,12H,1-7H2. The minimum Gasteiger partial charge on any atom is -0.423 e. The van der Waals surface area contributed by atoms with Crippen LogP contribution in [0.25, 0.3) is 0 Å². The topological polar surface area (TPSA) is 51.0 Å². The summed E-state index contributed by atoms with van der Waals surface area (Å²) in [6.45, 7) is 1.08. The maximum Gasteiger partial charge on any atom is 0.233 e. The molecular weight excluding hydrogens is 190 g/mol. The number of nitrogens with zero attached hydrogens (tertiary/aromatic N) is 2. The van der Waals surface area contributed by atoms with E-state index in [0.29, 0.717) is 12.0 Å². The van der Waals surface area contributed by atoms with Gasteiger partial charge in [-0.2, -0.15) is 0 Å². The van der Waals surface area contributed by atoms with Crippen molar-refractivity contribution in [2.24, 2.45) is 0 Å². The minimum absolute atomic E-state index is 0.313. The zero-order valence-corrected chi connectivity index (χ0v) is 8.91. The van der Waals surface area contributed by atoms with Gasteiger partial charge >= 0.3 is 0 Å². The molecule has 1 aliphatic carbocycles. The van der Waals surface area contributed by atoms with Gasteiger partial charge in [-0.1, -0.05) is 12.8 Å². The number of hydrogen-bond donors (Lipinski definition) is 1. The van der Waals surface area contributed by atoms with Gasteiger partial charge in [-0.3, -0.25) is 0 Å². The van der Waals surface area contributed by atoms with Gasteiger partial charge in [-0.15, -0.1) is 10.2 Å². The second-order valence-corrected chi connectivity index (χ2v) is 4.61. The molecule has 0 spiro atoms. The fraction of sp³-hybridized carbons (Fsp3) is 0.818. The van der Waals surface area contributed by atoms with Crippen molar-refractivity contribution < 1.29 is 4.42 Å². The molecule has 0 bridgehead atoms. The Kier molecular flexibility index (Phi) is 2.44. The summed E-state index contributed by atoms with van der Waals surface area (Å²) in [6, 6.07) is 0.313. The third-order valence-corrected chi connectivity index (χ3v) is 3.52. The molecule has 4 nitrogen and oxygen atoms in total. The average Bonchev–Trinajstić information content (AvgIpc) is 3.02. The van der Waals surface area contributed by atoms with Crippen molar-refractivity contribution in [3.63, 3.8) is 0 Å². The Morgan fingerprint density at radius 1 is 1.00 bits per heavy atom. The van der Waals surface area contributed by atoms with E-state index in [4.69, 9.17) is 4.42 Å². The highest BCUT2D eigenvalue weighted by atomic mass is 16.4. The Labute approximate surface area is 89.5 Å². The average molecular weight is 207 g/mol. The first-order valence-corrected chi connectivity index (χ1v) is 6.00. The molecule has 1 N–H and O–H groups in total. The molecule has 2 aliphatic rings. The van der Waals surface area contributed by atoms with Gasteiger partial charge in [-0.25, -0.2) is 0 Å². The van der Waals surface area contributed by atoms with E-state index >= 15 is 0 Å². The number of rotatable bonds is 2. The van der Waals surface area contributed by atoms with Crippen LogP contribution < -0.4 is 5.32 Å². The molecule has 1 saturated carbocycles. The van der Waals surface area contributed by atoms with Gasteiger partial charge in [0.15, 0.2) is 0 Å². The second kappa shape index (κ2) is 3.93. The highest BCUT2D eigenvalue weighted by Crippen LogP contribution is 2.34. The molecular formula is C11H17N3O. The third-order valence-electron chi connectivity index (χ3n) is 3.52. The van der Waals surface area contributed by atoms with Crippen LogP contribution in [0.3, 0.4) is 0 Å². The van der Waals surface area contributed by atoms with E-state index in [9.17, 15) is 0 Å². The van der Waals surface area contributed by atoms with Gasteiger partial charge in [0.2, 0.25) is 11.8 Å². The molecule has 0 radical (unpaired) electrons. The number of nitrogens with one attached hydrogen (secondary N) is 1. The third kappa shape index (κ3) is 1.78. The van der Waals surface area contributed by atoms with Gasteiger partial charge < -0.3 is 9.73 Å². The molecule has 3 rings (SSSR count). The van der Waals surface area contributed by atoms with Crippen molar-refractivity contribution in [1.29, 1.82) is 0 Å². The van der Waals surface area contributed by atoms with Crippen molar-refractivity contribution in [2.45, 2.75) is 50.5 Å². The van der Waals surface area contributed by atoms with E-state index < -0.39 is 0 Å². The van der Waals surface area contributed by atoms with E-state index in [-0.39, 0.29) is 0 Å². The van der Waals surface area contributed by atoms with Gasteiger partial charge in [0.25, 0.3) is 0 Å². The molecule has 4 heteroatoms. The van der Waals surface area contributed by atoms with Crippen LogP contribution in [0, 0.1) is 0 Å². The lowest BCUT2D eigenvalue weighted by Crippen LogP contribution is -2.12. The lowest BCUT2D eigenvalue weighted by Gasteiger charge is -2.04. The van der Waals surface area contributed by atoms with Crippen molar-refractivity contribution in [3.05, 3.63) is 11.8 Å². The van der Waals surface area contributed by atoms with Crippen LogP contribution in [0.4, 0.5) is 0 Å². The smallest absolute Gasteiger partial charge is 0.233 e. The van der Waals surface area contributed by atoms with Gasteiger partial charge in [-0.05, 0) is 32.2 Å². The summed E-state index contributed by atoms with van der Waals surface area (Å²) in [5.41, 5.74) is 0. The summed E-state index contributed by atoms with van der Waals surface area (Å²) in [4.78, 5) is 0. The predicted octanol–water partition coefficient (Wildman–Crippen LogP) is 2.15. The van der Waals surface area contributed by atoms with E-state index in [1.54, 1.807) is 0 Å². The molecule has 2 fully saturated rings. The summed E-state index contributed by atoms with van der Waals surface area (Å²) in [5, 5.41) is 11.7. The lowest BCUT2D eigenvalue weighted by molar-refractivity contribution is 0.381. The first-order chi connectivity index (χ1) is 7.43. The van der Waals surface area contributed by atoms with E-state index in [0.717, 1.165) is 24.7 Å². The highest BCUT2D eigenvalue weighted by molar-refractivity contribution is 4.98.